The number of thioether (sulfide) groups is 1. The number of hydrogen-bond donors (Lipinski definition) is 0. The Labute approximate surface area is 169 Å². The second-order valence-electron chi connectivity index (χ2n) is 5.42. The average molecular weight is 475 g/mol. The molecule has 6 heteroatoms. The van der Waals surface area contributed by atoms with Gasteiger partial charge >= 0.3 is 0 Å². The molecule has 4 nitrogen and oxygen atoms in total. The summed E-state index contributed by atoms with van der Waals surface area (Å²) >= 11 is 3.14. The molecular formula is C20H14INO3S. The minimum Gasteiger partial charge on any atom is -0.488 e. The molecule has 2 aromatic rings. The molecular weight excluding hydrogens is 461 g/mol. The lowest BCUT2D eigenvalue weighted by atomic mass is 10.1. The first-order chi connectivity index (χ1) is 12.6. The maximum Gasteiger partial charge on any atom is 0.294 e. The minimum atomic E-state index is -0.370. The van der Waals surface area contributed by atoms with E-state index in [1.165, 1.54) is 0 Å². The molecule has 1 aliphatic rings. The van der Waals surface area contributed by atoms with Gasteiger partial charge in [-0.3, -0.25) is 14.5 Å². The van der Waals surface area contributed by atoms with E-state index in [2.05, 4.69) is 28.5 Å². The van der Waals surface area contributed by atoms with E-state index < -0.39 is 0 Å². The highest BCUT2D eigenvalue weighted by atomic mass is 127. The predicted molar refractivity (Wildman–Crippen MR) is 111 cm³/mol. The number of hydrogen-bond acceptors (Lipinski definition) is 4. The first-order valence-electron chi connectivity index (χ1n) is 7.73. The van der Waals surface area contributed by atoms with Gasteiger partial charge in [0.15, 0.2) is 0 Å². The molecule has 0 aromatic heterocycles. The molecule has 0 unspecified atom stereocenters. The number of rotatable bonds is 5. The molecule has 130 valence electrons. The van der Waals surface area contributed by atoms with Gasteiger partial charge < -0.3 is 4.74 Å². The van der Waals surface area contributed by atoms with Crippen LogP contribution in [0, 0.1) is 15.9 Å². The fourth-order valence-corrected chi connectivity index (χ4v) is 3.53. The summed E-state index contributed by atoms with van der Waals surface area (Å²) in [7, 11) is 0. The molecule has 0 aliphatic carbocycles. The summed E-state index contributed by atoms with van der Waals surface area (Å²) in [5.74, 6) is 2.61. The summed E-state index contributed by atoms with van der Waals surface area (Å²) in [5.41, 5.74) is 1.79. The van der Waals surface area contributed by atoms with Crippen molar-refractivity contribution in [2.75, 3.05) is 6.54 Å². The molecule has 0 spiro atoms. The van der Waals surface area contributed by atoms with Crippen LogP contribution in [-0.4, -0.2) is 22.6 Å². The SMILES string of the molecule is C#CCN1C(=O)S/C(=C\c2ccccc2OCc2ccc(I)cc2)C1=O. The van der Waals surface area contributed by atoms with Crippen LogP contribution in [0.2, 0.25) is 0 Å². The Morgan fingerprint density at radius 2 is 1.88 bits per heavy atom. The normalized spacial score (nSPS) is 15.4. The molecule has 1 fully saturated rings. The number of imide groups is 1. The van der Waals surface area contributed by atoms with E-state index in [0.29, 0.717) is 17.3 Å². The third-order valence-corrected chi connectivity index (χ3v) is 5.26. The van der Waals surface area contributed by atoms with Gasteiger partial charge in [0.2, 0.25) is 0 Å². The van der Waals surface area contributed by atoms with Crippen LogP contribution in [0.4, 0.5) is 4.79 Å². The fraction of sp³-hybridized carbons (Fsp3) is 0.100. The molecule has 3 rings (SSSR count). The first-order valence-corrected chi connectivity index (χ1v) is 9.63. The molecule has 0 N–H and O–H groups in total. The lowest BCUT2D eigenvalue weighted by Crippen LogP contribution is -2.28. The first kappa shape index (κ1) is 18.5. The zero-order valence-electron chi connectivity index (χ0n) is 13.6. The zero-order valence-corrected chi connectivity index (χ0v) is 16.6. The summed E-state index contributed by atoms with van der Waals surface area (Å²) in [6, 6.07) is 15.5. The number of amides is 2. The van der Waals surface area contributed by atoms with Crippen LogP contribution in [-0.2, 0) is 11.4 Å². The van der Waals surface area contributed by atoms with Crippen molar-refractivity contribution in [1.29, 1.82) is 0 Å². The van der Waals surface area contributed by atoms with E-state index >= 15 is 0 Å². The third-order valence-electron chi connectivity index (χ3n) is 3.64. The molecule has 1 saturated heterocycles. The van der Waals surface area contributed by atoms with Gasteiger partial charge in [-0.05, 0) is 64.2 Å². The Hall–Kier alpha value is -2.24. The van der Waals surface area contributed by atoms with Crippen LogP contribution in [0.3, 0.4) is 0 Å². The quantitative estimate of drug-likeness (QED) is 0.362. The Bertz CT molecular complexity index is 915. The largest absolute Gasteiger partial charge is 0.488 e. The van der Waals surface area contributed by atoms with E-state index in [1.807, 2.05) is 48.5 Å². The van der Waals surface area contributed by atoms with Crippen LogP contribution in [0.1, 0.15) is 11.1 Å². The lowest BCUT2D eigenvalue weighted by molar-refractivity contribution is -0.122. The van der Waals surface area contributed by atoms with Crippen LogP contribution in [0.25, 0.3) is 6.08 Å². The Kier molecular flexibility index (Phi) is 6.01. The van der Waals surface area contributed by atoms with Gasteiger partial charge in [-0.2, -0.15) is 0 Å². The van der Waals surface area contributed by atoms with Gasteiger partial charge in [0.25, 0.3) is 11.1 Å². The van der Waals surface area contributed by atoms with Gasteiger partial charge in [-0.1, -0.05) is 36.3 Å². The summed E-state index contributed by atoms with van der Waals surface area (Å²) < 4.78 is 7.07. The smallest absolute Gasteiger partial charge is 0.294 e. The van der Waals surface area contributed by atoms with Gasteiger partial charge in [0.1, 0.15) is 12.4 Å². The van der Waals surface area contributed by atoms with Crippen molar-refractivity contribution in [1.82, 2.24) is 4.90 Å². The van der Waals surface area contributed by atoms with Gasteiger partial charge in [0.05, 0.1) is 11.4 Å². The highest BCUT2D eigenvalue weighted by molar-refractivity contribution is 14.1. The standard InChI is InChI=1S/C20H14INO3S/c1-2-11-22-19(23)18(26-20(22)24)12-15-5-3-4-6-17(15)25-13-14-7-9-16(21)10-8-14/h1,3-10,12H,11,13H2/b18-12-. The van der Waals surface area contributed by atoms with E-state index in [-0.39, 0.29) is 17.7 Å². The van der Waals surface area contributed by atoms with Gasteiger partial charge in [0, 0.05) is 9.13 Å². The molecule has 2 aromatic carbocycles. The van der Waals surface area contributed by atoms with E-state index in [0.717, 1.165) is 31.4 Å². The topological polar surface area (TPSA) is 46.6 Å². The average Bonchev–Trinajstić information content (AvgIpc) is 2.90. The molecule has 0 saturated carbocycles. The van der Waals surface area contributed by atoms with Crippen LogP contribution < -0.4 is 4.74 Å². The summed E-state index contributed by atoms with van der Waals surface area (Å²) in [6.45, 7) is 0.396. The maximum absolute atomic E-state index is 12.3. The highest BCUT2D eigenvalue weighted by Crippen LogP contribution is 2.33. The summed E-state index contributed by atoms with van der Waals surface area (Å²) in [6.07, 6.45) is 6.89. The monoisotopic (exact) mass is 475 g/mol. The number of carbonyl (C=O) groups is 2. The van der Waals surface area contributed by atoms with Crippen molar-refractivity contribution in [2.45, 2.75) is 6.61 Å². The van der Waals surface area contributed by atoms with Crippen molar-refractivity contribution < 1.29 is 14.3 Å². The number of para-hydroxylation sites is 1. The summed E-state index contributed by atoms with van der Waals surface area (Å²) in [5, 5.41) is -0.350. The lowest BCUT2D eigenvalue weighted by Gasteiger charge is -2.10. The number of nitrogens with zero attached hydrogens (tertiary/aromatic N) is 1. The Morgan fingerprint density at radius 3 is 2.62 bits per heavy atom. The second-order valence-corrected chi connectivity index (χ2v) is 7.66. The zero-order chi connectivity index (χ0) is 18.5. The van der Waals surface area contributed by atoms with Crippen molar-refractivity contribution in [3.63, 3.8) is 0 Å². The van der Waals surface area contributed by atoms with Crippen LogP contribution in [0.15, 0.2) is 53.4 Å². The number of halogens is 1. The molecule has 1 aliphatic heterocycles. The number of benzene rings is 2. The van der Waals surface area contributed by atoms with E-state index in [9.17, 15) is 9.59 Å². The fourth-order valence-electron chi connectivity index (χ4n) is 2.34. The van der Waals surface area contributed by atoms with Gasteiger partial charge in [-0.15, -0.1) is 6.42 Å². The molecule has 2 amide bonds. The van der Waals surface area contributed by atoms with Crippen molar-refractivity contribution in [2.24, 2.45) is 0 Å². The molecule has 26 heavy (non-hydrogen) atoms. The maximum atomic E-state index is 12.3. The van der Waals surface area contributed by atoms with Gasteiger partial charge in [-0.25, -0.2) is 0 Å². The Balaban J connectivity index is 1.79. The van der Waals surface area contributed by atoms with Crippen LogP contribution in [0.5, 0.6) is 5.75 Å². The Morgan fingerprint density at radius 1 is 1.15 bits per heavy atom. The second kappa shape index (κ2) is 8.43. The molecule has 1 heterocycles. The van der Waals surface area contributed by atoms with Crippen molar-refractivity contribution in [3.8, 4) is 18.1 Å². The van der Waals surface area contributed by atoms with E-state index in [1.54, 1.807) is 6.08 Å². The highest BCUT2D eigenvalue weighted by Gasteiger charge is 2.34. The number of terminal acetylenes is 1. The number of carbonyl (C=O) groups excluding carboxylic acids is 2. The molecule has 0 bridgehead atoms. The molecule has 0 atom stereocenters. The van der Waals surface area contributed by atoms with Crippen LogP contribution >= 0.6 is 34.4 Å². The third kappa shape index (κ3) is 4.29. The summed E-state index contributed by atoms with van der Waals surface area (Å²) in [4.78, 5) is 25.6. The minimum absolute atomic E-state index is 0.0209. The van der Waals surface area contributed by atoms with E-state index in [4.69, 9.17) is 11.2 Å². The number of ether oxygens (including phenoxy) is 1. The van der Waals surface area contributed by atoms with Crippen molar-refractivity contribution >= 4 is 51.6 Å². The molecule has 0 radical (unpaired) electrons. The predicted octanol–water partition coefficient (Wildman–Crippen LogP) is 4.54. The van der Waals surface area contributed by atoms with Crippen molar-refractivity contribution in [3.05, 3.63) is 68.1 Å².